The molecule has 0 bridgehead atoms. The summed E-state index contributed by atoms with van der Waals surface area (Å²) in [4.78, 5) is 23.6. The number of nitrogens with zero attached hydrogens (tertiary/aromatic N) is 1. The number of hydrogen-bond acceptors (Lipinski definition) is 4. The molecule has 2 rings (SSSR count). The third-order valence-corrected chi connectivity index (χ3v) is 4.55. The molecule has 2 aliphatic heterocycles. The van der Waals surface area contributed by atoms with E-state index in [1.807, 2.05) is 6.07 Å². The van der Waals surface area contributed by atoms with Crippen LogP contribution in [0.4, 0.5) is 13.2 Å². The highest BCUT2D eigenvalue weighted by molar-refractivity contribution is 5.83. The van der Waals surface area contributed by atoms with E-state index in [-0.39, 0.29) is 31.2 Å². The number of nitrogens with one attached hydrogen (secondary N) is 3. The Hall–Kier alpha value is -1.82. The van der Waals surface area contributed by atoms with Crippen LogP contribution in [0.2, 0.25) is 0 Å². The first-order chi connectivity index (χ1) is 10.7. The van der Waals surface area contributed by atoms with Gasteiger partial charge in [-0.3, -0.25) is 9.59 Å². The van der Waals surface area contributed by atoms with Gasteiger partial charge in [-0.15, -0.1) is 0 Å². The summed E-state index contributed by atoms with van der Waals surface area (Å²) < 4.78 is 38.9. The standard InChI is InChI=1S/C14H19F3N4O2/c1-13(14(15,16)17)5-10(20-7-13)12(23)21-9(6-18)4-8-2-3-19-11(8)22/h8-10,20H,2-5,7H2,1H3,(H,19,22)(H,21,23)/t8-,9-,10-,13?/m0/s1. The first kappa shape index (κ1) is 17.5. The van der Waals surface area contributed by atoms with E-state index in [0.717, 1.165) is 6.92 Å². The molecule has 0 spiro atoms. The summed E-state index contributed by atoms with van der Waals surface area (Å²) in [5.74, 6) is -1.15. The van der Waals surface area contributed by atoms with Gasteiger partial charge in [0.1, 0.15) is 6.04 Å². The number of rotatable bonds is 4. The average Bonchev–Trinajstić information content (AvgIpc) is 3.05. The number of nitriles is 1. The van der Waals surface area contributed by atoms with Crippen LogP contribution in [-0.4, -0.2) is 43.2 Å². The molecular weight excluding hydrogens is 313 g/mol. The maximum absolute atomic E-state index is 13.0. The van der Waals surface area contributed by atoms with Crippen molar-refractivity contribution in [2.75, 3.05) is 13.1 Å². The van der Waals surface area contributed by atoms with E-state index in [0.29, 0.717) is 13.0 Å². The van der Waals surface area contributed by atoms with Crippen molar-refractivity contribution in [1.82, 2.24) is 16.0 Å². The lowest BCUT2D eigenvalue weighted by atomic mass is 9.87. The number of hydrogen-bond donors (Lipinski definition) is 3. The van der Waals surface area contributed by atoms with Crippen molar-refractivity contribution < 1.29 is 22.8 Å². The Morgan fingerprint density at radius 2 is 2.26 bits per heavy atom. The molecular formula is C14H19F3N4O2. The molecule has 9 heteroatoms. The second-order valence-corrected chi connectivity index (χ2v) is 6.40. The highest BCUT2D eigenvalue weighted by atomic mass is 19.4. The Morgan fingerprint density at radius 3 is 2.74 bits per heavy atom. The topological polar surface area (TPSA) is 94.0 Å². The van der Waals surface area contributed by atoms with Gasteiger partial charge >= 0.3 is 6.18 Å². The first-order valence-corrected chi connectivity index (χ1v) is 7.44. The van der Waals surface area contributed by atoms with Crippen LogP contribution in [0.1, 0.15) is 26.2 Å². The fourth-order valence-electron chi connectivity index (χ4n) is 2.92. The van der Waals surface area contributed by atoms with Gasteiger partial charge in [0.2, 0.25) is 11.8 Å². The maximum Gasteiger partial charge on any atom is 0.395 e. The molecule has 1 unspecified atom stereocenters. The van der Waals surface area contributed by atoms with Crippen molar-refractivity contribution in [1.29, 1.82) is 5.26 Å². The third-order valence-electron chi connectivity index (χ3n) is 4.55. The van der Waals surface area contributed by atoms with Crippen LogP contribution in [0.25, 0.3) is 0 Å². The number of alkyl halides is 3. The van der Waals surface area contributed by atoms with Gasteiger partial charge in [-0.25, -0.2) is 0 Å². The van der Waals surface area contributed by atoms with Crippen molar-refractivity contribution >= 4 is 11.8 Å². The van der Waals surface area contributed by atoms with Gasteiger partial charge in [0, 0.05) is 19.0 Å². The summed E-state index contributed by atoms with van der Waals surface area (Å²) in [6.07, 6.45) is -4.02. The largest absolute Gasteiger partial charge is 0.395 e. The molecule has 0 aromatic carbocycles. The van der Waals surface area contributed by atoms with Crippen LogP contribution in [0.5, 0.6) is 0 Å². The molecule has 3 N–H and O–H groups in total. The number of carbonyl (C=O) groups excluding carboxylic acids is 2. The van der Waals surface area contributed by atoms with E-state index in [1.165, 1.54) is 0 Å². The van der Waals surface area contributed by atoms with Gasteiger partial charge in [0.25, 0.3) is 0 Å². The summed E-state index contributed by atoms with van der Waals surface area (Å²) in [6.45, 7) is 1.26. The van der Waals surface area contributed by atoms with Crippen LogP contribution < -0.4 is 16.0 Å². The molecule has 0 aromatic heterocycles. The van der Waals surface area contributed by atoms with Crippen LogP contribution in [-0.2, 0) is 9.59 Å². The van der Waals surface area contributed by atoms with Crippen LogP contribution in [0, 0.1) is 22.7 Å². The fraction of sp³-hybridized carbons (Fsp3) is 0.786. The highest BCUT2D eigenvalue weighted by Gasteiger charge is 2.56. The minimum Gasteiger partial charge on any atom is -0.356 e. The van der Waals surface area contributed by atoms with Gasteiger partial charge in [-0.2, -0.15) is 18.4 Å². The molecule has 2 heterocycles. The van der Waals surface area contributed by atoms with Gasteiger partial charge in [0.05, 0.1) is 17.5 Å². The molecule has 2 saturated heterocycles. The Kier molecular flexibility index (Phi) is 4.84. The Morgan fingerprint density at radius 1 is 1.57 bits per heavy atom. The van der Waals surface area contributed by atoms with E-state index < -0.39 is 29.6 Å². The van der Waals surface area contributed by atoms with Crippen LogP contribution in [0.15, 0.2) is 0 Å². The lowest BCUT2D eigenvalue weighted by molar-refractivity contribution is -0.211. The molecule has 0 aromatic rings. The van der Waals surface area contributed by atoms with Gasteiger partial charge < -0.3 is 16.0 Å². The smallest absolute Gasteiger partial charge is 0.356 e. The Labute approximate surface area is 131 Å². The normalized spacial score (nSPS) is 32.2. The minimum absolute atomic E-state index is 0.164. The van der Waals surface area contributed by atoms with Gasteiger partial charge in [0.15, 0.2) is 0 Å². The average molecular weight is 332 g/mol. The summed E-state index contributed by atoms with van der Waals surface area (Å²) in [6, 6.07) is 0.00935. The number of carbonyl (C=O) groups is 2. The van der Waals surface area contributed by atoms with Gasteiger partial charge in [-0.1, -0.05) is 0 Å². The molecule has 2 aliphatic rings. The molecule has 0 saturated carbocycles. The quantitative estimate of drug-likeness (QED) is 0.697. The van der Waals surface area contributed by atoms with Crippen LogP contribution >= 0.6 is 0 Å². The van der Waals surface area contributed by atoms with Crippen molar-refractivity contribution in [3.63, 3.8) is 0 Å². The minimum atomic E-state index is -4.40. The van der Waals surface area contributed by atoms with Gasteiger partial charge in [-0.05, 0) is 26.2 Å². The number of amides is 2. The SMILES string of the molecule is CC1(C(F)(F)F)CN[C@H](C(=O)N[C@H](C#N)C[C@@H]2CCNC2=O)C1. The molecule has 23 heavy (non-hydrogen) atoms. The molecule has 2 amide bonds. The Bertz CT molecular complexity index is 531. The van der Waals surface area contributed by atoms with E-state index in [1.54, 1.807) is 0 Å². The van der Waals surface area contributed by atoms with E-state index in [2.05, 4.69) is 16.0 Å². The first-order valence-electron chi connectivity index (χ1n) is 7.44. The molecule has 6 nitrogen and oxygen atoms in total. The second-order valence-electron chi connectivity index (χ2n) is 6.40. The maximum atomic E-state index is 13.0. The zero-order valence-electron chi connectivity index (χ0n) is 12.7. The summed E-state index contributed by atoms with van der Waals surface area (Å²) in [7, 11) is 0. The fourth-order valence-corrected chi connectivity index (χ4v) is 2.92. The van der Waals surface area contributed by atoms with Crippen molar-refractivity contribution in [2.45, 2.75) is 44.4 Å². The second kappa shape index (κ2) is 6.35. The van der Waals surface area contributed by atoms with E-state index in [4.69, 9.17) is 5.26 Å². The Balaban J connectivity index is 1.91. The predicted molar refractivity (Wildman–Crippen MR) is 73.8 cm³/mol. The monoisotopic (exact) mass is 332 g/mol. The summed E-state index contributed by atoms with van der Waals surface area (Å²) in [5, 5.41) is 16.7. The molecule has 128 valence electrons. The molecule has 0 radical (unpaired) electrons. The summed E-state index contributed by atoms with van der Waals surface area (Å²) in [5.41, 5.74) is -1.96. The molecule has 2 fully saturated rings. The third kappa shape index (κ3) is 3.75. The lowest BCUT2D eigenvalue weighted by Gasteiger charge is -2.26. The summed E-state index contributed by atoms with van der Waals surface area (Å²) >= 11 is 0. The van der Waals surface area contributed by atoms with Crippen molar-refractivity contribution in [3.05, 3.63) is 0 Å². The molecule has 4 atom stereocenters. The van der Waals surface area contributed by atoms with E-state index >= 15 is 0 Å². The van der Waals surface area contributed by atoms with Crippen LogP contribution in [0.3, 0.4) is 0 Å². The number of halogens is 3. The highest BCUT2D eigenvalue weighted by Crippen LogP contribution is 2.44. The lowest BCUT2D eigenvalue weighted by Crippen LogP contribution is -2.45. The van der Waals surface area contributed by atoms with Crippen molar-refractivity contribution in [3.8, 4) is 6.07 Å². The van der Waals surface area contributed by atoms with Crippen molar-refractivity contribution in [2.24, 2.45) is 11.3 Å². The zero-order chi connectivity index (χ0) is 17.3. The predicted octanol–water partition coefficient (Wildman–Crippen LogP) is 0.451. The molecule has 0 aliphatic carbocycles. The van der Waals surface area contributed by atoms with E-state index in [9.17, 15) is 22.8 Å². The zero-order valence-corrected chi connectivity index (χ0v) is 12.7.